The minimum atomic E-state index is -1.29. The number of hydrogen-bond donors (Lipinski definition) is 3. The zero-order valence-corrected chi connectivity index (χ0v) is 29.6. The second-order valence-electron chi connectivity index (χ2n) is 13.4. The van der Waals surface area contributed by atoms with E-state index in [1.54, 1.807) is 10.6 Å². The first-order valence-electron chi connectivity index (χ1n) is 17.5. The number of aliphatic hydroxyl groups excluding tert-OH is 2. The van der Waals surface area contributed by atoms with Crippen LogP contribution in [0.1, 0.15) is 56.7 Å². The van der Waals surface area contributed by atoms with E-state index >= 15 is 0 Å². The average Bonchev–Trinajstić information content (AvgIpc) is 3.74. The van der Waals surface area contributed by atoms with Crippen molar-refractivity contribution in [2.24, 2.45) is 0 Å². The zero-order chi connectivity index (χ0) is 37.8. The second-order valence-corrected chi connectivity index (χ2v) is 13.4. The van der Waals surface area contributed by atoms with Gasteiger partial charge in [0.1, 0.15) is 18.9 Å². The molecule has 3 N–H and O–H groups in total. The number of aromatic nitrogens is 4. The van der Waals surface area contributed by atoms with Crippen LogP contribution in [0.15, 0.2) is 67.5 Å². The summed E-state index contributed by atoms with van der Waals surface area (Å²) in [4.78, 5) is 52.3. The highest BCUT2D eigenvalue weighted by atomic mass is 16.6. The summed E-state index contributed by atoms with van der Waals surface area (Å²) >= 11 is 0. The fourth-order valence-electron chi connectivity index (χ4n) is 7.84. The number of carbonyl (C=O) groups is 3. The van der Waals surface area contributed by atoms with Crippen LogP contribution >= 0.6 is 0 Å². The number of rotatable bonds is 10. The SMILES string of the molecule is C=CCOc1nc(N[C@H]2c3c(cc4ccc5cccc6ccc3c4c56)[C@H](OC(C)=O)[C@@H](OC(C)=O)[C@H]2OC(C)=O)nc2c1ncn2[C@H]1C[C@H](O)[C@@H](CO)O1. The Bertz CT molecular complexity index is 2430. The van der Waals surface area contributed by atoms with Gasteiger partial charge in [0, 0.05) is 32.8 Å². The van der Waals surface area contributed by atoms with Crippen LogP contribution in [0.4, 0.5) is 5.95 Å². The molecule has 278 valence electrons. The molecule has 3 heterocycles. The van der Waals surface area contributed by atoms with Gasteiger partial charge >= 0.3 is 17.9 Å². The van der Waals surface area contributed by atoms with E-state index < -0.39 is 60.7 Å². The third-order valence-electron chi connectivity index (χ3n) is 9.89. The van der Waals surface area contributed by atoms with Crippen LogP contribution < -0.4 is 10.1 Å². The number of fused-ring (bicyclic) bond motifs is 3. The lowest BCUT2D eigenvalue weighted by Crippen LogP contribution is -2.50. The number of anilines is 1. The van der Waals surface area contributed by atoms with Crippen LogP contribution in [0.25, 0.3) is 43.5 Å². The number of imidazole rings is 1. The summed E-state index contributed by atoms with van der Waals surface area (Å²) in [7, 11) is 0. The lowest BCUT2D eigenvalue weighted by atomic mass is 9.77. The van der Waals surface area contributed by atoms with Gasteiger partial charge in [0.15, 0.2) is 29.5 Å². The van der Waals surface area contributed by atoms with Crippen molar-refractivity contribution in [3.63, 3.8) is 0 Å². The third kappa shape index (κ3) is 5.99. The van der Waals surface area contributed by atoms with Crippen LogP contribution in [-0.4, -0.2) is 85.3 Å². The summed E-state index contributed by atoms with van der Waals surface area (Å²) in [6.07, 6.45) is -2.95. The number of aliphatic hydroxyl groups is 2. The topological polar surface area (TPSA) is 193 Å². The van der Waals surface area contributed by atoms with E-state index in [1.807, 2.05) is 48.5 Å². The highest BCUT2D eigenvalue weighted by Gasteiger charge is 2.50. The van der Waals surface area contributed by atoms with Crippen LogP contribution in [0, 0.1) is 0 Å². The van der Waals surface area contributed by atoms with Crippen molar-refractivity contribution in [1.29, 1.82) is 0 Å². The molecule has 4 aromatic carbocycles. The predicted octanol–water partition coefficient (Wildman–Crippen LogP) is 4.56. The van der Waals surface area contributed by atoms with Gasteiger partial charge in [-0.25, -0.2) is 4.98 Å². The highest BCUT2D eigenvalue weighted by Crippen LogP contribution is 2.49. The van der Waals surface area contributed by atoms with E-state index in [0.717, 1.165) is 32.3 Å². The summed E-state index contributed by atoms with van der Waals surface area (Å²) < 4.78 is 31.3. The smallest absolute Gasteiger partial charge is 0.303 e. The minimum absolute atomic E-state index is 0.0203. The molecule has 2 aliphatic rings. The van der Waals surface area contributed by atoms with E-state index in [2.05, 4.69) is 21.9 Å². The van der Waals surface area contributed by atoms with Gasteiger partial charge in [-0.05, 0) is 43.9 Å². The van der Waals surface area contributed by atoms with Crippen molar-refractivity contribution >= 4 is 67.3 Å². The Morgan fingerprint density at radius 2 is 1.67 bits per heavy atom. The van der Waals surface area contributed by atoms with Crippen molar-refractivity contribution in [3.8, 4) is 5.88 Å². The maximum Gasteiger partial charge on any atom is 0.303 e. The van der Waals surface area contributed by atoms with E-state index in [4.69, 9.17) is 28.7 Å². The minimum Gasteiger partial charge on any atom is -0.472 e. The first-order valence-corrected chi connectivity index (χ1v) is 17.5. The fraction of sp³-hybridized carbons (Fsp3) is 0.333. The standard InChI is InChI=1S/C39H37N5O10/c1-5-13-50-38-33-37(44(17-40-33)28-15-26(49)27(16-45)54-28)42-39(43-38)41-32-31-24-12-11-22-8-6-7-21-9-10-23(30(24)29(21)22)14-25(31)34(51-18(2)46)36(53-20(4)48)35(32)52-19(3)47/h5-12,14,17,26-28,32,34-36,45,49H,1,13,15-16H2,2-4H3,(H,41,42,43)/t26-,27+,28+,32-,34-,35-,36+/m0/s1. The van der Waals surface area contributed by atoms with Crippen LogP contribution in [0.3, 0.4) is 0 Å². The average molecular weight is 736 g/mol. The van der Waals surface area contributed by atoms with Gasteiger partial charge in [-0.15, -0.1) is 0 Å². The number of hydrogen-bond acceptors (Lipinski definition) is 14. The Hall–Kier alpha value is -5.90. The summed E-state index contributed by atoms with van der Waals surface area (Å²) in [6.45, 7) is 7.17. The molecule has 0 radical (unpaired) electrons. The Labute approximate surface area is 307 Å². The molecule has 1 saturated heterocycles. The van der Waals surface area contributed by atoms with E-state index in [1.165, 1.54) is 27.1 Å². The molecule has 1 fully saturated rings. The van der Waals surface area contributed by atoms with Gasteiger partial charge in [0.05, 0.1) is 25.1 Å². The summed E-state index contributed by atoms with van der Waals surface area (Å²) in [5, 5.41) is 29.3. The normalized spacial score (nSPS) is 23.8. The predicted molar refractivity (Wildman–Crippen MR) is 195 cm³/mol. The molecule has 2 aromatic heterocycles. The Morgan fingerprint density at radius 3 is 2.35 bits per heavy atom. The quantitative estimate of drug-likeness (QED) is 0.0767. The first-order chi connectivity index (χ1) is 26.1. The van der Waals surface area contributed by atoms with Crippen molar-refractivity contribution in [2.75, 3.05) is 18.5 Å². The maximum absolute atomic E-state index is 12.9. The monoisotopic (exact) mass is 735 g/mol. The lowest BCUT2D eigenvalue weighted by Gasteiger charge is -2.43. The molecule has 6 aromatic rings. The van der Waals surface area contributed by atoms with Crippen molar-refractivity contribution < 1.29 is 48.3 Å². The number of benzene rings is 4. The van der Waals surface area contributed by atoms with E-state index in [-0.39, 0.29) is 37.1 Å². The summed E-state index contributed by atoms with van der Waals surface area (Å²) in [6, 6.07) is 14.9. The molecule has 8 rings (SSSR count). The molecule has 54 heavy (non-hydrogen) atoms. The van der Waals surface area contributed by atoms with Gasteiger partial charge < -0.3 is 39.2 Å². The zero-order valence-electron chi connectivity index (χ0n) is 29.6. The Morgan fingerprint density at radius 1 is 0.963 bits per heavy atom. The number of carbonyl (C=O) groups excluding carboxylic acids is 3. The van der Waals surface area contributed by atoms with Gasteiger partial charge in [0.25, 0.3) is 0 Å². The van der Waals surface area contributed by atoms with Crippen LogP contribution in [0.5, 0.6) is 5.88 Å². The first kappa shape index (κ1) is 35.1. The number of nitrogens with one attached hydrogen (secondary N) is 1. The molecule has 15 nitrogen and oxygen atoms in total. The van der Waals surface area contributed by atoms with E-state index in [9.17, 15) is 24.6 Å². The molecule has 15 heteroatoms. The fourth-order valence-corrected chi connectivity index (χ4v) is 7.84. The van der Waals surface area contributed by atoms with Crippen LogP contribution in [0.2, 0.25) is 0 Å². The third-order valence-corrected chi connectivity index (χ3v) is 9.89. The molecule has 1 aliphatic carbocycles. The largest absolute Gasteiger partial charge is 0.472 e. The maximum atomic E-state index is 12.9. The lowest BCUT2D eigenvalue weighted by molar-refractivity contribution is -0.187. The molecule has 0 spiro atoms. The highest BCUT2D eigenvalue weighted by molar-refractivity contribution is 6.24. The molecule has 0 saturated carbocycles. The molecule has 0 bridgehead atoms. The molecule has 0 unspecified atom stereocenters. The number of ether oxygens (including phenoxy) is 5. The number of nitrogens with zero attached hydrogens (tertiary/aromatic N) is 4. The molecular formula is C39H37N5O10. The molecule has 7 atom stereocenters. The molecule has 1 aliphatic heterocycles. The van der Waals surface area contributed by atoms with E-state index in [0.29, 0.717) is 16.6 Å². The Kier molecular flexibility index (Phi) is 9.00. The van der Waals surface area contributed by atoms with Crippen molar-refractivity contribution in [1.82, 2.24) is 19.5 Å². The van der Waals surface area contributed by atoms with Crippen molar-refractivity contribution in [2.45, 2.75) is 70.0 Å². The van der Waals surface area contributed by atoms with Crippen molar-refractivity contribution in [3.05, 3.63) is 78.6 Å². The van der Waals surface area contributed by atoms with Gasteiger partial charge in [-0.3, -0.25) is 19.0 Å². The molecular weight excluding hydrogens is 698 g/mol. The van der Waals surface area contributed by atoms with Gasteiger partial charge in [0.2, 0.25) is 11.8 Å². The Balaban J connectivity index is 1.37. The van der Waals surface area contributed by atoms with Gasteiger partial charge in [-0.2, -0.15) is 9.97 Å². The van der Waals surface area contributed by atoms with Crippen LogP contribution in [-0.2, 0) is 33.3 Å². The summed E-state index contributed by atoms with van der Waals surface area (Å²) in [5.74, 6) is -1.87. The number of esters is 3. The second kappa shape index (κ2) is 13.8. The summed E-state index contributed by atoms with van der Waals surface area (Å²) in [5.41, 5.74) is 1.72. The van der Waals surface area contributed by atoms with Gasteiger partial charge in [-0.1, -0.05) is 55.1 Å². The molecule has 0 amide bonds.